The van der Waals surface area contributed by atoms with E-state index in [9.17, 15) is 4.79 Å². The Morgan fingerprint density at radius 1 is 1.33 bits per heavy atom. The lowest BCUT2D eigenvalue weighted by Crippen LogP contribution is -2.15. The topological polar surface area (TPSA) is 57.7 Å². The second kappa shape index (κ2) is 9.56. The van der Waals surface area contributed by atoms with Gasteiger partial charge in [-0.3, -0.25) is 4.98 Å². The molecule has 0 amide bonds. The van der Waals surface area contributed by atoms with Crippen LogP contribution >= 0.6 is 0 Å². The Kier molecular flexibility index (Phi) is 7.75. The highest BCUT2D eigenvalue weighted by atomic mass is 16.6. The van der Waals surface area contributed by atoms with E-state index in [2.05, 4.69) is 4.98 Å². The first-order valence-electron chi connectivity index (χ1n) is 5.94. The molecular formula is C13H19NO4. The van der Waals surface area contributed by atoms with E-state index in [0.717, 1.165) is 18.4 Å². The molecule has 0 saturated carbocycles. The van der Waals surface area contributed by atoms with Crippen molar-refractivity contribution in [1.29, 1.82) is 0 Å². The van der Waals surface area contributed by atoms with Gasteiger partial charge in [-0.15, -0.1) is 0 Å². The second-order valence-corrected chi connectivity index (χ2v) is 3.73. The molecule has 0 spiro atoms. The Hall–Kier alpha value is -1.46. The summed E-state index contributed by atoms with van der Waals surface area (Å²) >= 11 is 0. The third-order valence-electron chi connectivity index (χ3n) is 2.25. The number of carbonyl (C=O) groups is 1. The summed E-state index contributed by atoms with van der Waals surface area (Å²) in [7, 11) is 1.58. The van der Waals surface area contributed by atoms with Crippen molar-refractivity contribution in [2.75, 3.05) is 33.5 Å². The van der Waals surface area contributed by atoms with Crippen LogP contribution in [0.25, 0.3) is 0 Å². The number of nitrogens with zero attached hydrogens (tertiary/aromatic N) is 1. The molecule has 0 aliphatic heterocycles. The molecule has 18 heavy (non-hydrogen) atoms. The van der Waals surface area contributed by atoms with Gasteiger partial charge in [0.15, 0.2) is 0 Å². The van der Waals surface area contributed by atoms with Crippen LogP contribution in [0.5, 0.6) is 0 Å². The standard InChI is InChI=1S/C13H19NO4/c1-16-8-9-17-11-13(15)18-7-3-5-12-4-2-6-14-10-12/h2,4,6,10H,3,5,7-9,11H2,1H3. The molecule has 1 aromatic rings. The van der Waals surface area contributed by atoms with Gasteiger partial charge in [0.2, 0.25) is 0 Å². The fourth-order valence-electron chi connectivity index (χ4n) is 1.35. The van der Waals surface area contributed by atoms with Crippen LogP contribution in [0, 0.1) is 0 Å². The van der Waals surface area contributed by atoms with E-state index in [1.54, 1.807) is 13.3 Å². The van der Waals surface area contributed by atoms with Crippen molar-refractivity contribution < 1.29 is 19.0 Å². The fourth-order valence-corrected chi connectivity index (χ4v) is 1.35. The van der Waals surface area contributed by atoms with E-state index in [0.29, 0.717) is 19.8 Å². The highest BCUT2D eigenvalue weighted by Crippen LogP contribution is 2.00. The van der Waals surface area contributed by atoms with Gasteiger partial charge in [-0.2, -0.15) is 0 Å². The van der Waals surface area contributed by atoms with Crippen LogP contribution in [-0.4, -0.2) is 44.5 Å². The Morgan fingerprint density at radius 2 is 2.22 bits per heavy atom. The van der Waals surface area contributed by atoms with Gasteiger partial charge in [0.25, 0.3) is 0 Å². The van der Waals surface area contributed by atoms with Crippen molar-refractivity contribution in [2.24, 2.45) is 0 Å². The summed E-state index contributed by atoms with van der Waals surface area (Å²) in [5.74, 6) is -0.336. The number of carbonyl (C=O) groups excluding carboxylic acids is 1. The van der Waals surface area contributed by atoms with Crippen LogP contribution in [0.3, 0.4) is 0 Å². The van der Waals surface area contributed by atoms with Crippen molar-refractivity contribution in [2.45, 2.75) is 12.8 Å². The molecule has 0 aromatic carbocycles. The zero-order valence-corrected chi connectivity index (χ0v) is 10.6. The molecule has 0 N–H and O–H groups in total. The maximum absolute atomic E-state index is 11.2. The largest absolute Gasteiger partial charge is 0.464 e. The third-order valence-corrected chi connectivity index (χ3v) is 2.25. The average molecular weight is 253 g/mol. The molecule has 0 radical (unpaired) electrons. The van der Waals surface area contributed by atoms with Gasteiger partial charge in [0, 0.05) is 19.5 Å². The summed E-state index contributed by atoms with van der Waals surface area (Å²) in [5.41, 5.74) is 1.14. The van der Waals surface area contributed by atoms with Crippen LogP contribution in [0.2, 0.25) is 0 Å². The van der Waals surface area contributed by atoms with Gasteiger partial charge < -0.3 is 14.2 Å². The minimum Gasteiger partial charge on any atom is -0.464 e. The minimum absolute atomic E-state index is 0.0176. The maximum atomic E-state index is 11.2. The van der Waals surface area contributed by atoms with Crippen molar-refractivity contribution in [3.05, 3.63) is 30.1 Å². The number of rotatable bonds is 9. The third kappa shape index (κ3) is 6.98. The normalized spacial score (nSPS) is 10.3. The maximum Gasteiger partial charge on any atom is 0.332 e. The molecule has 0 unspecified atom stereocenters. The molecule has 0 fully saturated rings. The Labute approximate surface area is 107 Å². The first-order valence-corrected chi connectivity index (χ1v) is 5.94. The lowest BCUT2D eigenvalue weighted by molar-refractivity contribution is -0.149. The quantitative estimate of drug-likeness (QED) is 0.489. The van der Waals surface area contributed by atoms with E-state index in [1.807, 2.05) is 18.3 Å². The van der Waals surface area contributed by atoms with Gasteiger partial charge in [-0.25, -0.2) is 4.79 Å². The molecule has 0 atom stereocenters. The second-order valence-electron chi connectivity index (χ2n) is 3.73. The smallest absolute Gasteiger partial charge is 0.332 e. The molecular weight excluding hydrogens is 234 g/mol. The van der Waals surface area contributed by atoms with Gasteiger partial charge in [-0.1, -0.05) is 6.07 Å². The number of esters is 1. The van der Waals surface area contributed by atoms with Gasteiger partial charge in [0.05, 0.1) is 19.8 Å². The Balaban J connectivity index is 1.99. The summed E-state index contributed by atoms with van der Waals surface area (Å²) in [6, 6.07) is 3.90. The molecule has 0 aliphatic rings. The molecule has 5 heteroatoms. The molecule has 0 saturated heterocycles. The lowest BCUT2D eigenvalue weighted by Gasteiger charge is -2.05. The van der Waals surface area contributed by atoms with Crippen LogP contribution in [-0.2, 0) is 25.4 Å². The van der Waals surface area contributed by atoms with Crippen LogP contribution in [0.4, 0.5) is 0 Å². The average Bonchev–Trinajstić information content (AvgIpc) is 2.41. The number of pyridine rings is 1. The predicted octanol–water partition coefficient (Wildman–Crippen LogP) is 1.22. The lowest BCUT2D eigenvalue weighted by atomic mass is 10.2. The van der Waals surface area contributed by atoms with Crippen molar-refractivity contribution in [3.63, 3.8) is 0 Å². The monoisotopic (exact) mass is 253 g/mol. The van der Waals surface area contributed by atoms with E-state index >= 15 is 0 Å². The van der Waals surface area contributed by atoms with Crippen LogP contribution < -0.4 is 0 Å². The Morgan fingerprint density at radius 3 is 2.94 bits per heavy atom. The van der Waals surface area contributed by atoms with E-state index in [-0.39, 0.29) is 12.6 Å². The first kappa shape index (κ1) is 14.6. The summed E-state index contributed by atoms with van der Waals surface area (Å²) in [6.45, 7) is 1.27. The summed E-state index contributed by atoms with van der Waals surface area (Å²) < 4.78 is 14.8. The summed E-state index contributed by atoms with van der Waals surface area (Å²) in [5, 5.41) is 0. The van der Waals surface area contributed by atoms with E-state index < -0.39 is 0 Å². The van der Waals surface area contributed by atoms with Gasteiger partial charge in [0.1, 0.15) is 6.61 Å². The van der Waals surface area contributed by atoms with Crippen molar-refractivity contribution >= 4 is 5.97 Å². The number of methoxy groups -OCH3 is 1. The zero-order chi connectivity index (χ0) is 13.1. The highest BCUT2D eigenvalue weighted by molar-refractivity contribution is 5.70. The molecule has 0 aliphatic carbocycles. The zero-order valence-electron chi connectivity index (χ0n) is 10.6. The molecule has 1 aromatic heterocycles. The number of hydrogen-bond acceptors (Lipinski definition) is 5. The van der Waals surface area contributed by atoms with Crippen molar-refractivity contribution in [1.82, 2.24) is 4.98 Å². The summed E-state index contributed by atoms with van der Waals surface area (Å²) in [4.78, 5) is 15.2. The number of aromatic nitrogens is 1. The van der Waals surface area contributed by atoms with Gasteiger partial charge >= 0.3 is 5.97 Å². The van der Waals surface area contributed by atoms with Crippen LogP contribution in [0.1, 0.15) is 12.0 Å². The molecule has 0 bridgehead atoms. The molecule has 1 heterocycles. The summed E-state index contributed by atoms with van der Waals surface area (Å²) in [6.07, 6.45) is 5.19. The SMILES string of the molecule is COCCOCC(=O)OCCCc1cccnc1. The highest BCUT2D eigenvalue weighted by Gasteiger charge is 2.02. The number of hydrogen-bond donors (Lipinski definition) is 0. The fraction of sp³-hybridized carbons (Fsp3) is 0.538. The minimum atomic E-state index is -0.336. The predicted molar refractivity (Wildman–Crippen MR) is 66.2 cm³/mol. The number of ether oxygens (including phenoxy) is 3. The van der Waals surface area contributed by atoms with E-state index in [1.165, 1.54) is 0 Å². The van der Waals surface area contributed by atoms with Crippen molar-refractivity contribution in [3.8, 4) is 0 Å². The Bertz CT molecular complexity index is 329. The van der Waals surface area contributed by atoms with Gasteiger partial charge in [-0.05, 0) is 24.5 Å². The van der Waals surface area contributed by atoms with Crippen LogP contribution in [0.15, 0.2) is 24.5 Å². The molecule has 1 rings (SSSR count). The molecule has 100 valence electrons. The van der Waals surface area contributed by atoms with E-state index in [4.69, 9.17) is 14.2 Å². The molecule has 5 nitrogen and oxygen atoms in total. The first-order chi connectivity index (χ1) is 8.83. The number of aryl methyl sites for hydroxylation is 1.